The number of aliphatic hydroxyl groups is 1. The highest BCUT2D eigenvalue weighted by atomic mass is 19.4. The molecule has 0 aliphatic carbocycles. The standard InChI is InChI=1S/C8H11F5O2/c1-3-5(2)4-15-7(14,6(5,9)10)8(11,12)13/h14H,3-4H2,1-2H3. The third-order valence-electron chi connectivity index (χ3n) is 2.95. The fourth-order valence-electron chi connectivity index (χ4n) is 1.44. The number of hydrogen-bond acceptors (Lipinski definition) is 2. The van der Waals surface area contributed by atoms with Gasteiger partial charge in [0.2, 0.25) is 0 Å². The van der Waals surface area contributed by atoms with Crippen LogP contribution in [0.3, 0.4) is 0 Å². The predicted octanol–water partition coefficient (Wildman–Crippen LogP) is 2.32. The first-order chi connectivity index (χ1) is 6.52. The van der Waals surface area contributed by atoms with Gasteiger partial charge in [0, 0.05) is 0 Å². The van der Waals surface area contributed by atoms with E-state index in [0.717, 1.165) is 6.92 Å². The fourth-order valence-corrected chi connectivity index (χ4v) is 1.44. The highest BCUT2D eigenvalue weighted by Crippen LogP contribution is 2.58. The van der Waals surface area contributed by atoms with Gasteiger partial charge in [0.05, 0.1) is 12.0 Å². The molecule has 0 bridgehead atoms. The zero-order valence-corrected chi connectivity index (χ0v) is 8.16. The Morgan fingerprint density at radius 3 is 2.00 bits per heavy atom. The maximum atomic E-state index is 13.4. The van der Waals surface area contributed by atoms with Crippen molar-refractivity contribution in [2.24, 2.45) is 5.41 Å². The van der Waals surface area contributed by atoms with E-state index in [9.17, 15) is 22.0 Å². The fraction of sp³-hybridized carbons (Fsp3) is 1.00. The number of rotatable bonds is 1. The van der Waals surface area contributed by atoms with Crippen molar-refractivity contribution in [3.63, 3.8) is 0 Å². The van der Waals surface area contributed by atoms with Crippen molar-refractivity contribution in [2.45, 2.75) is 38.2 Å². The van der Waals surface area contributed by atoms with Crippen molar-refractivity contribution in [1.82, 2.24) is 0 Å². The van der Waals surface area contributed by atoms with Crippen molar-refractivity contribution in [1.29, 1.82) is 0 Å². The monoisotopic (exact) mass is 234 g/mol. The van der Waals surface area contributed by atoms with E-state index < -0.39 is 29.9 Å². The summed E-state index contributed by atoms with van der Waals surface area (Å²) in [5, 5.41) is 8.93. The van der Waals surface area contributed by atoms with Gasteiger partial charge >= 0.3 is 17.9 Å². The topological polar surface area (TPSA) is 29.5 Å². The van der Waals surface area contributed by atoms with Crippen LogP contribution in [0.25, 0.3) is 0 Å². The molecule has 15 heavy (non-hydrogen) atoms. The Kier molecular flexibility index (Phi) is 2.56. The smallest absolute Gasteiger partial charge is 0.354 e. The van der Waals surface area contributed by atoms with Crippen molar-refractivity contribution in [3.8, 4) is 0 Å². The van der Waals surface area contributed by atoms with Crippen molar-refractivity contribution in [2.75, 3.05) is 6.61 Å². The van der Waals surface area contributed by atoms with Crippen LogP contribution in [0.2, 0.25) is 0 Å². The maximum absolute atomic E-state index is 13.4. The molecule has 0 aromatic carbocycles. The summed E-state index contributed by atoms with van der Waals surface area (Å²) in [7, 11) is 0. The minimum Gasteiger partial charge on any atom is -0.354 e. The normalized spacial score (nSPS) is 40.8. The first-order valence-electron chi connectivity index (χ1n) is 4.33. The lowest BCUT2D eigenvalue weighted by atomic mass is 9.80. The van der Waals surface area contributed by atoms with E-state index in [1.54, 1.807) is 0 Å². The van der Waals surface area contributed by atoms with Crippen LogP contribution in [0.4, 0.5) is 22.0 Å². The SMILES string of the molecule is CCC1(C)COC(O)(C(F)(F)F)C1(F)F. The van der Waals surface area contributed by atoms with Crippen molar-refractivity contribution >= 4 is 0 Å². The first-order valence-corrected chi connectivity index (χ1v) is 4.33. The molecule has 1 N–H and O–H groups in total. The molecule has 1 aliphatic heterocycles. The Balaban J connectivity index is 3.19. The molecule has 0 spiro atoms. The summed E-state index contributed by atoms with van der Waals surface area (Å²) in [5.74, 6) is -8.72. The average Bonchev–Trinajstić information content (AvgIpc) is 2.27. The van der Waals surface area contributed by atoms with Crippen LogP contribution in [0.5, 0.6) is 0 Å². The molecule has 2 atom stereocenters. The molecule has 1 fully saturated rings. The van der Waals surface area contributed by atoms with Gasteiger partial charge in [0.15, 0.2) is 0 Å². The van der Waals surface area contributed by atoms with Crippen LogP contribution in [-0.2, 0) is 4.74 Å². The molecule has 0 aromatic rings. The zero-order valence-electron chi connectivity index (χ0n) is 8.16. The Bertz CT molecular complexity index is 264. The van der Waals surface area contributed by atoms with Gasteiger partial charge in [-0.05, 0) is 6.42 Å². The van der Waals surface area contributed by atoms with E-state index in [-0.39, 0.29) is 6.42 Å². The molecule has 90 valence electrons. The minimum atomic E-state index is -5.51. The summed E-state index contributed by atoms with van der Waals surface area (Å²) in [4.78, 5) is 0. The molecule has 2 nitrogen and oxygen atoms in total. The second kappa shape index (κ2) is 3.04. The number of halogens is 5. The van der Waals surface area contributed by atoms with Gasteiger partial charge < -0.3 is 9.84 Å². The molecular weight excluding hydrogens is 223 g/mol. The molecule has 1 rings (SSSR count). The molecule has 1 heterocycles. The number of ether oxygens (including phenoxy) is 1. The maximum Gasteiger partial charge on any atom is 0.449 e. The molecule has 1 saturated heterocycles. The molecular formula is C8H11F5O2. The van der Waals surface area contributed by atoms with E-state index in [4.69, 9.17) is 5.11 Å². The lowest BCUT2D eigenvalue weighted by Crippen LogP contribution is -2.60. The average molecular weight is 234 g/mol. The van der Waals surface area contributed by atoms with Gasteiger partial charge in [0.25, 0.3) is 0 Å². The predicted molar refractivity (Wildman–Crippen MR) is 40.3 cm³/mol. The zero-order chi connectivity index (χ0) is 12.1. The molecule has 1 aliphatic rings. The largest absolute Gasteiger partial charge is 0.449 e. The Hall–Kier alpha value is -0.430. The van der Waals surface area contributed by atoms with Gasteiger partial charge in [-0.1, -0.05) is 13.8 Å². The van der Waals surface area contributed by atoms with Gasteiger partial charge in [0.1, 0.15) is 0 Å². The summed E-state index contributed by atoms with van der Waals surface area (Å²) in [5.41, 5.74) is -2.00. The summed E-state index contributed by atoms with van der Waals surface area (Å²) < 4.78 is 67.6. The van der Waals surface area contributed by atoms with Gasteiger partial charge in [-0.3, -0.25) is 0 Å². The van der Waals surface area contributed by atoms with Gasteiger partial charge in [-0.15, -0.1) is 0 Å². The highest BCUT2D eigenvalue weighted by molar-refractivity contribution is 5.06. The molecule has 0 amide bonds. The van der Waals surface area contributed by atoms with E-state index in [1.807, 2.05) is 0 Å². The molecule has 0 aromatic heterocycles. The van der Waals surface area contributed by atoms with Crippen LogP contribution < -0.4 is 0 Å². The van der Waals surface area contributed by atoms with Gasteiger partial charge in [-0.2, -0.15) is 22.0 Å². The second-order valence-corrected chi connectivity index (χ2v) is 3.92. The summed E-state index contributed by atoms with van der Waals surface area (Å²) >= 11 is 0. The van der Waals surface area contributed by atoms with E-state index in [2.05, 4.69) is 4.74 Å². The summed E-state index contributed by atoms with van der Waals surface area (Å²) in [6.07, 6.45) is -5.73. The van der Waals surface area contributed by atoms with Crippen molar-refractivity contribution < 1.29 is 31.8 Å². The first kappa shape index (κ1) is 12.6. The van der Waals surface area contributed by atoms with Crippen LogP contribution in [-0.4, -0.2) is 29.6 Å². The van der Waals surface area contributed by atoms with E-state index >= 15 is 0 Å². The molecule has 0 saturated carbocycles. The Morgan fingerprint density at radius 2 is 1.80 bits per heavy atom. The van der Waals surface area contributed by atoms with Crippen molar-refractivity contribution in [3.05, 3.63) is 0 Å². The number of hydrogen-bond donors (Lipinski definition) is 1. The molecule has 0 radical (unpaired) electrons. The van der Waals surface area contributed by atoms with Crippen LogP contribution in [0, 0.1) is 5.41 Å². The van der Waals surface area contributed by atoms with Crippen LogP contribution >= 0.6 is 0 Å². The lowest BCUT2D eigenvalue weighted by molar-refractivity contribution is -0.407. The quantitative estimate of drug-likeness (QED) is 0.705. The molecule has 2 unspecified atom stereocenters. The second-order valence-electron chi connectivity index (χ2n) is 3.92. The highest BCUT2D eigenvalue weighted by Gasteiger charge is 2.80. The Labute approximate surface area is 83.0 Å². The van der Waals surface area contributed by atoms with Crippen LogP contribution in [0.15, 0.2) is 0 Å². The van der Waals surface area contributed by atoms with E-state index in [1.165, 1.54) is 6.92 Å². The van der Waals surface area contributed by atoms with Crippen LogP contribution in [0.1, 0.15) is 20.3 Å². The third kappa shape index (κ3) is 1.36. The van der Waals surface area contributed by atoms with E-state index in [0.29, 0.717) is 0 Å². The van der Waals surface area contributed by atoms with Gasteiger partial charge in [-0.25, -0.2) is 0 Å². The molecule has 7 heteroatoms. The Morgan fingerprint density at radius 1 is 1.33 bits per heavy atom. The lowest BCUT2D eigenvalue weighted by Gasteiger charge is -2.35. The summed E-state index contributed by atoms with van der Waals surface area (Å²) in [6.45, 7) is 1.45. The summed E-state index contributed by atoms with van der Waals surface area (Å²) in [6, 6.07) is 0. The third-order valence-corrected chi connectivity index (χ3v) is 2.95. The minimum absolute atomic E-state index is 0.224. The number of alkyl halides is 5.